The number of hydrogen-bond donors (Lipinski definition) is 1. The Bertz CT molecular complexity index is 822. The molecule has 1 atom stereocenters. The van der Waals surface area contributed by atoms with Gasteiger partial charge in [-0.2, -0.15) is 10.1 Å². The highest BCUT2D eigenvalue weighted by Crippen LogP contribution is 2.39. The summed E-state index contributed by atoms with van der Waals surface area (Å²) in [6, 6.07) is 6.69. The quantitative estimate of drug-likeness (QED) is 0.899. The van der Waals surface area contributed by atoms with Gasteiger partial charge in [0.2, 0.25) is 11.7 Å². The lowest BCUT2D eigenvalue weighted by atomic mass is 9.98. The van der Waals surface area contributed by atoms with E-state index in [0.717, 1.165) is 17.6 Å². The van der Waals surface area contributed by atoms with Crippen LogP contribution in [0.3, 0.4) is 0 Å². The predicted octanol–water partition coefficient (Wildman–Crippen LogP) is 1.60. The molecule has 0 bridgehead atoms. The summed E-state index contributed by atoms with van der Waals surface area (Å²) in [5.41, 5.74) is 0.255. The van der Waals surface area contributed by atoms with Crippen molar-refractivity contribution >= 4 is 5.91 Å². The van der Waals surface area contributed by atoms with Crippen LogP contribution in [0.2, 0.25) is 0 Å². The minimum atomic E-state index is -0.853. The Morgan fingerprint density at radius 3 is 2.92 bits per heavy atom. The molecule has 0 saturated heterocycles. The number of aryl methyl sites for hydroxylation is 1. The zero-order chi connectivity index (χ0) is 17.3. The molecule has 1 heterocycles. The number of carbonyl (C=O) groups excluding carboxylic acids is 1. The van der Waals surface area contributed by atoms with E-state index in [1.807, 2.05) is 0 Å². The van der Waals surface area contributed by atoms with Crippen LogP contribution in [0.5, 0.6) is 0 Å². The lowest BCUT2D eigenvalue weighted by Gasteiger charge is -2.22. The van der Waals surface area contributed by atoms with Gasteiger partial charge in [-0.25, -0.2) is 4.39 Å². The summed E-state index contributed by atoms with van der Waals surface area (Å²) in [6.45, 7) is 3.25. The van der Waals surface area contributed by atoms with Gasteiger partial charge in [-0.1, -0.05) is 0 Å². The van der Waals surface area contributed by atoms with E-state index >= 15 is 0 Å². The Morgan fingerprint density at radius 2 is 2.29 bits per heavy atom. The molecule has 1 saturated carbocycles. The van der Waals surface area contributed by atoms with Gasteiger partial charge in [0.15, 0.2) is 0 Å². The minimum Gasteiger partial charge on any atom is -0.336 e. The van der Waals surface area contributed by atoms with Crippen molar-refractivity contribution in [3.63, 3.8) is 0 Å². The average Bonchev–Trinajstić information content (AvgIpc) is 3.31. The van der Waals surface area contributed by atoms with E-state index in [9.17, 15) is 14.4 Å². The molecule has 1 aliphatic carbocycles. The summed E-state index contributed by atoms with van der Waals surface area (Å²) in [7, 11) is 0. The lowest BCUT2D eigenvalue weighted by molar-refractivity contribution is -0.123. The molecule has 0 spiro atoms. The van der Waals surface area contributed by atoms with Gasteiger partial charge in [-0.3, -0.25) is 4.79 Å². The molecule has 1 aromatic heterocycles. The minimum absolute atomic E-state index is 0.128. The molecular weight excluding hydrogens is 311 g/mol. The maximum absolute atomic E-state index is 13.3. The summed E-state index contributed by atoms with van der Waals surface area (Å²) in [5.74, 6) is -0.129. The second-order valence-corrected chi connectivity index (χ2v) is 6.24. The molecule has 1 aromatic carbocycles. The lowest BCUT2D eigenvalue weighted by Crippen LogP contribution is -2.48. The number of aromatic nitrogens is 4. The Labute approximate surface area is 138 Å². The van der Waals surface area contributed by atoms with E-state index < -0.39 is 5.54 Å². The molecule has 24 heavy (non-hydrogen) atoms. The number of carbonyl (C=O) groups is 1. The van der Waals surface area contributed by atoms with Gasteiger partial charge in [0.1, 0.15) is 17.9 Å². The largest absolute Gasteiger partial charge is 0.336 e. The van der Waals surface area contributed by atoms with Crippen LogP contribution >= 0.6 is 0 Å². The zero-order valence-corrected chi connectivity index (χ0v) is 13.5. The highest BCUT2D eigenvalue weighted by molar-refractivity contribution is 5.77. The van der Waals surface area contributed by atoms with Crippen LogP contribution < -0.4 is 5.32 Å². The van der Waals surface area contributed by atoms with E-state index in [1.165, 1.54) is 6.07 Å². The van der Waals surface area contributed by atoms with E-state index in [4.69, 9.17) is 0 Å². The Morgan fingerprint density at radius 1 is 1.54 bits per heavy atom. The third-order valence-corrected chi connectivity index (χ3v) is 4.18. The summed E-state index contributed by atoms with van der Waals surface area (Å²) in [6.07, 6.45) is 1.89. The van der Waals surface area contributed by atoms with Crippen LogP contribution in [-0.2, 0) is 11.3 Å². The number of nitriles is 1. The molecule has 1 aliphatic rings. The number of amides is 1. The summed E-state index contributed by atoms with van der Waals surface area (Å²) >= 11 is 0. The standard InChI is InChI=1S/C16H17FN6O/c1-10-7-11(3-6-13(10)17)15-20-22-23(21-15)8-14(24)19-16(2,9-18)12-4-5-12/h3,6-7,12H,4-5,8H2,1-2H3,(H,19,24). The molecule has 2 aromatic rings. The summed E-state index contributed by atoms with van der Waals surface area (Å²) < 4.78 is 13.3. The Kier molecular flexibility index (Phi) is 4.01. The van der Waals surface area contributed by atoms with Crippen LogP contribution in [0.4, 0.5) is 4.39 Å². The molecule has 8 heteroatoms. The number of halogens is 1. The van der Waals surface area contributed by atoms with Crippen LogP contribution in [0.15, 0.2) is 18.2 Å². The Hall–Kier alpha value is -2.82. The molecular formula is C16H17FN6O. The topological polar surface area (TPSA) is 96.5 Å². The fourth-order valence-corrected chi connectivity index (χ4v) is 2.55. The van der Waals surface area contributed by atoms with E-state index in [0.29, 0.717) is 17.0 Å². The fraction of sp³-hybridized carbons (Fsp3) is 0.438. The molecule has 0 radical (unpaired) electrons. The van der Waals surface area contributed by atoms with Gasteiger partial charge in [0.05, 0.1) is 6.07 Å². The van der Waals surface area contributed by atoms with E-state index in [1.54, 1.807) is 26.0 Å². The van der Waals surface area contributed by atoms with Crippen molar-refractivity contribution in [2.45, 2.75) is 38.8 Å². The Balaban J connectivity index is 1.68. The third-order valence-electron chi connectivity index (χ3n) is 4.18. The van der Waals surface area contributed by atoms with Crippen LogP contribution in [0.25, 0.3) is 11.4 Å². The SMILES string of the molecule is Cc1cc(-c2nnn(CC(=O)NC(C)(C#N)C3CC3)n2)ccc1F. The van der Waals surface area contributed by atoms with Gasteiger partial charge in [0.25, 0.3) is 0 Å². The molecule has 1 fully saturated rings. The van der Waals surface area contributed by atoms with Gasteiger partial charge in [-0.05, 0) is 61.6 Å². The maximum atomic E-state index is 13.3. The number of nitrogens with zero attached hydrogens (tertiary/aromatic N) is 5. The highest BCUT2D eigenvalue weighted by Gasteiger charge is 2.43. The first kappa shape index (κ1) is 16.1. The molecule has 7 nitrogen and oxygen atoms in total. The fourth-order valence-electron chi connectivity index (χ4n) is 2.55. The van der Waals surface area contributed by atoms with Crippen molar-refractivity contribution in [1.29, 1.82) is 5.26 Å². The predicted molar refractivity (Wildman–Crippen MR) is 82.8 cm³/mol. The van der Waals surface area contributed by atoms with E-state index in [-0.39, 0.29) is 24.2 Å². The van der Waals surface area contributed by atoms with Crippen molar-refractivity contribution in [1.82, 2.24) is 25.5 Å². The van der Waals surface area contributed by atoms with Crippen LogP contribution in [0.1, 0.15) is 25.3 Å². The van der Waals surface area contributed by atoms with Gasteiger partial charge in [0, 0.05) is 5.56 Å². The molecule has 1 N–H and O–H groups in total. The molecule has 1 amide bonds. The first-order valence-corrected chi connectivity index (χ1v) is 7.68. The van der Waals surface area contributed by atoms with E-state index in [2.05, 4.69) is 26.8 Å². The first-order valence-electron chi connectivity index (χ1n) is 7.68. The summed E-state index contributed by atoms with van der Waals surface area (Å²) in [5, 5.41) is 23.9. The second-order valence-electron chi connectivity index (χ2n) is 6.24. The van der Waals surface area contributed by atoms with Crippen molar-refractivity contribution in [2.24, 2.45) is 5.92 Å². The monoisotopic (exact) mass is 328 g/mol. The average molecular weight is 328 g/mol. The number of rotatable bonds is 5. The third kappa shape index (κ3) is 3.25. The summed E-state index contributed by atoms with van der Waals surface area (Å²) in [4.78, 5) is 13.3. The highest BCUT2D eigenvalue weighted by atomic mass is 19.1. The van der Waals surface area contributed by atoms with Crippen molar-refractivity contribution in [3.8, 4) is 17.5 Å². The zero-order valence-electron chi connectivity index (χ0n) is 13.5. The number of nitrogens with one attached hydrogen (secondary N) is 1. The first-order chi connectivity index (χ1) is 11.4. The maximum Gasteiger partial charge on any atom is 0.244 e. The molecule has 1 unspecified atom stereocenters. The smallest absolute Gasteiger partial charge is 0.244 e. The van der Waals surface area contributed by atoms with Crippen molar-refractivity contribution in [3.05, 3.63) is 29.6 Å². The van der Waals surface area contributed by atoms with Crippen LogP contribution in [0, 0.1) is 30.0 Å². The molecule has 124 valence electrons. The normalized spacial score (nSPS) is 16.2. The number of tetrazole rings is 1. The number of benzene rings is 1. The molecule has 0 aliphatic heterocycles. The van der Waals surface area contributed by atoms with Crippen molar-refractivity contribution < 1.29 is 9.18 Å². The number of hydrogen-bond acceptors (Lipinski definition) is 5. The van der Waals surface area contributed by atoms with Gasteiger partial charge < -0.3 is 5.32 Å². The second kappa shape index (κ2) is 6.00. The van der Waals surface area contributed by atoms with Gasteiger partial charge in [-0.15, -0.1) is 10.2 Å². The van der Waals surface area contributed by atoms with Gasteiger partial charge >= 0.3 is 0 Å². The molecule has 3 rings (SSSR count). The van der Waals surface area contributed by atoms with Crippen molar-refractivity contribution in [2.75, 3.05) is 0 Å². The van der Waals surface area contributed by atoms with Crippen LogP contribution in [-0.4, -0.2) is 31.7 Å².